The van der Waals surface area contributed by atoms with E-state index in [0.717, 1.165) is 36.5 Å². The molecule has 0 aliphatic heterocycles. The topological polar surface area (TPSA) is 75.3 Å². The van der Waals surface area contributed by atoms with Crippen molar-refractivity contribution in [2.24, 2.45) is 0 Å². The summed E-state index contributed by atoms with van der Waals surface area (Å²) in [5.74, 6) is -0.555. The second-order valence-corrected chi connectivity index (χ2v) is 8.75. The van der Waals surface area contributed by atoms with E-state index in [0.29, 0.717) is 6.54 Å². The number of halogens is 1. The van der Waals surface area contributed by atoms with Gasteiger partial charge < -0.3 is 10.6 Å². The molecule has 5 nitrogen and oxygen atoms in total. The molecule has 1 aliphatic carbocycles. The molecule has 1 atom stereocenters. The quantitative estimate of drug-likeness (QED) is 0.747. The molecule has 28 heavy (non-hydrogen) atoms. The van der Waals surface area contributed by atoms with Gasteiger partial charge in [0.05, 0.1) is 16.3 Å². The van der Waals surface area contributed by atoms with Gasteiger partial charge in [0.1, 0.15) is 5.82 Å². The molecule has 0 spiro atoms. The van der Waals surface area contributed by atoms with Gasteiger partial charge in [-0.15, -0.1) is 0 Å². The van der Waals surface area contributed by atoms with Gasteiger partial charge >= 0.3 is 0 Å². The number of carbonyl (C=O) groups is 1. The molecule has 2 N–H and O–H groups in total. The Labute approximate surface area is 164 Å². The Kier molecular flexibility index (Phi) is 6.14. The van der Waals surface area contributed by atoms with Crippen molar-refractivity contribution in [2.45, 2.75) is 35.0 Å². The lowest BCUT2D eigenvalue weighted by Crippen LogP contribution is -2.35. The number of fused-ring (bicyclic) bond motifs is 1. The fourth-order valence-electron chi connectivity index (χ4n) is 3.51. The molecule has 0 heterocycles. The molecule has 0 radical (unpaired) electrons. The summed E-state index contributed by atoms with van der Waals surface area (Å²) in [6.07, 6.45) is 4.10. The highest BCUT2D eigenvalue weighted by Crippen LogP contribution is 2.34. The highest BCUT2D eigenvalue weighted by atomic mass is 32.2. The highest BCUT2D eigenvalue weighted by Gasteiger charge is 2.24. The number of sulfone groups is 1. The minimum absolute atomic E-state index is 0.0539. The first kappa shape index (κ1) is 20.1. The third kappa shape index (κ3) is 4.42. The van der Waals surface area contributed by atoms with Crippen LogP contribution < -0.4 is 10.6 Å². The number of rotatable bonds is 7. The number of amides is 1. The van der Waals surface area contributed by atoms with Crippen molar-refractivity contribution in [3.63, 3.8) is 0 Å². The molecule has 0 unspecified atom stereocenters. The molecule has 148 valence electrons. The van der Waals surface area contributed by atoms with Crippen LogP contribution >= 0.6 is 0 Å². The van der Waals surface area contributed by atoms with Crippen LogP contribution in [-0.2, 0) is 21.1 Å². The van der Waals surface area contributed by atoms with E-state index in [-0.39, 0.29) is 28.2 Å². The molecular formula is C21H23FN2O3S. The van der Waals surface area contributed by atoms with Gasteiger partial charge in [-0.05, 0) is 66.9 Å². The van der Waals surface area contributed by atoms with E-state index in [1.54, 1.807) is 12.1 Å². The van der Waals surface area contributed by atoms with E-state index in [2.05, 4.69) is 17.2 Å². The van der Waals surface area contributed by atoms with E-state index in [1.165, 1.54) is 24.4 Å². The second-order valence-electron chi connectivity index (χ2n) is 6.80. The van der Waals surface area contributed by atoms with Crippen LogP contribution in [0.25, 0.3) is 0 Å². The maximum Gasteiger partial charge on any atom is 0.239 e. The van der Waals surface area contributed by atoms with Crippen LogP contribution in [0.2, 0.25) is 0 Å². The minimum atomic E-state index is -3.78. The van der Waals surface area contributed by atoms with E-state index >= 15 is 0 Å². The van der Waals surface area contributed by atoms with Crippen LogP contribution in [0, 0.1) is 5.82 Å². The summed E-state index contributed by atoms with van der Waals surface area (Å²) in [5, 5.41) is 5.65. The summed E-state index contributed by atoms with van der Waals surface area (Å²) in [4.78, 5) is 11.9. The maximum absolute atomic E-state index is 13.5. The number of benzene rings is 2. The van der Waals surface area contributed by atoms with Gasteiger partial charge in [0.2, 0.25) is 15.7 Å². The first-order valence-electron chi connectivity index (χ1n) is 9.16. The van der Waals surface area contributed by atoms with Crippen molar-refractivity contribution in [3.8, 4) is 0 Å². The number of hydrogen-bond donors (Lipinski definition) is 2. The molecule has 7 heteroatoms. The predicted molar refractivity (Wildman–Crippen MR) is 105 cm³/mol. The average Bonchev–Trinajstić information content (AvgIpc) is 2.70. The Hall–Kier alpha value is -2.67. The maximum atomic E-state index is 13.5. The molecule has 1 amide bonds. The highest BCUT2D eigenvalue weighted by molar-refractivity contribution is 7.91. The molecule has 3 rings (SSSR count). The van der Waals surface area contributed by atoms with Crippen LogP contribution in [0.1, 0.15) is 29.9 Å². The Morgan fingerprint density at radius 2 is 2.00 bits per heavy atom. The lowest BCUT2D eigenvalue weighted by molar-refractivity contribution is -0.120. The standard InChI is InChI=1S/C21H23FN2O3S/c1-2-23-14-21(25)24-13-16-6-3-5-15-11-19(9-10-20(15)16)28(26,27)18-8-4-7-17(22)12-18/h2,4,7-12,16,23H,1,3,5-6,13-14H2,(H,24,25)/t16-/m0/s1. The van der Waals surface area contributed by atoms with Crippen LogP contribution in [0.15, 0.2) is 65.0 Å². The fourth-order valence-corrected chi connectivity index (χ4v) is 4.85. The van der Waals surface area contributed by atoms with Gasteiger partial charge in [-0.2, -0.15) is 0 Å². The summed E-state index contributed by atoms with van der Waals surface area (Å²) in [6.45, 7) is 4.18. The van der Waals surface area contributed by atoms with Crippen LogP contribution in [0.3, 0.4) is 0 Å². The molecule has 0 saturated heterocycles. The molecule has 0 fully saturated rings. The van der Waals surface area contributed by atoms with Crippen LogP contribution in [0.4, 0.5) is 4.39 Å². The van der Waals surface area contributed by atoms with Crippen molar-refractivity contribution in [3.05, 3.63) is 72.2 Å². The SMILES string of the molecule is C=CNCC(=O)NC[C@@H]1CCCc2cc(S(=O)(=O)c3cccc(F)c3)ccc21. The van der Waals surface area contributed by atoms with Gasteiger partial charge in [0.15, 0.2) is 0 Å². The van der Waals surface area contributed by atoms with Crippen molar-refractivity contribution >= 4 is 15.7 Å². The summed E-state index contributed by atoms with van der Waals surface area (Å²) in [7, 11) is -3.78. The fraction of sp³-hybridized carbons (Fsp3) is 0.286. The Bertz CT molecular complexity index is 989. The number of carbonyl (C=O) groups excluding carboxylic acids is 1. The zero-order valence-corrected chi connectivity index (χ0v) is 16.3. The monoisotopic (exact) mass is 402 g/mol. The first-order chi connectivity index (χ1) is 13.4. The van der Waals surface area contributed by atoms with Crippen LogP contribution in [-0.4, -0.2) is 27.4 Å². The molecule has 0 aromatic heterocycles. The molecule has 0 saturated carbocycles. The van der Waals surface area contributed by atoms with Crippen molar-refractivity contribution in [2.75, 3.05) is 13.1 Å². The van der Waals surface area contributed by atoms with Crippen LogP contribution in [0.5, 0.6) is 0 Å². The number of hydrogen-bond acceptors (Lipinski definition) is 4. The van der Waals surface area contributed by atoms with E-state index in [9.17, 15) is 17.6 Å². The summed E-state index contributed by atoms with van der Waals surface area (Å²) in [6, 6.07) is 10.1. The average molecular weight is 402 g/mol. The van der Waals surface area contributed by atoms with E-state index in [1.807, 2.05) is 6.07 Å². The Morgan fingerprint density at radius 3 is 2.75 bits per heavy atom. The van der Waals surface area contributed by atoms with Gasteiger partial charge in [0.25, 0.3) is 0 Å². The minimum Gasteiger partial charge on any atom is -0.383 e. The normalized spacial score (nSPS) is 16.1. The number of nitrogens with one attached hydrogen (secondary N) is 2. The molecule has 2 aromatic carbocycles. The Morgan fingerprint density at radius 1 is 1.21 bits per heavy atom. The van der Waals surface area contributed by atoms with Crippen molar-refractivity contribution in [1.29, 1.82) is 0 Å². The zero-order valence-electron chi connectivity index (χ0n) is 15.4. The van der Waals surface area contributed by atoms with Crippen molar-refractivity contribution in [1.82, 2.24) is 10.6 Å². The first-order valence-corrected chi connectivity index (χ1v) is 10.6. The molecular weight excluding hydrogens is 379 g/mol. The predicted octanol–water partition coefficient (Wildman–Crippen LogP) is 2.93. The Balaban J connectivity index is 1.81. The third-order valence-corrected chi connectivity index (χ3v) is 6.67. The molecule has 2 aromatic rings. The smallest absolute Gasteiger partial charge is 0.239 e. The van der Waals surface area contributed by atoms with Gasteiger partial charge in [-0.25, -0.2) is 12.8 Å². The summed E-state index contributed by atoms with van der Waals surface area (Å²) in [5.41, 5.74) is 2.02. The van der Waals surface area contributed by atoms with Gasteiger partial charge in [-0.1, -0.05) is 18.7 Å². The van der Waals surface area contributed by atoms with Gasteiger partial charge in [-0.3, -0.25) is 4.79 Å². The molecule has 0 bridgehead atoms. The second kappa shape index (κ2) is 8.56. The van der Waals surface area contributed by atoms with Crippen molar-refractivity contribution < 1.29 is 17.6 Å². The lowest BCUT2D eigenvalue weighted by atomic mass is 9.83. The van der Waals surface area contributed by atoms with E-state index in [4.69, 9.17) is 0 Å². The largest absolute Gasteiger partial charge is 0.383 e. The summed E-state index contributed by atoms with van der Waals surface area (Å²) < 4.78 is 39.1. The zero-order chi connectivity index (χ0) is 20.1. The lowest BCUT2D eigenvalue weighted by Gasteiger charge is -2.26. The summed E-state index contributed by atoms with van der Waals surface area (Å²) >= 11 is 0. The number of aryl methyl sites for hydroxylation is 1. The van der Waals surface area contributed by atoms with E-state index < -0.39 is 15.7 Å². The third-order valence-electron chi connectivity index (χ3n) is 4.92. The van der Waals surface area contributed by atoms with Gasteiger partial charge in [0, 0.05) is 12.5 Å². The molecule has 1 aliphatic rings.